The van der Waals surface area contributed by atoms with Crippen LogP contribution in [0.4, 0.5) is 0 Å². The number of amides is 1. The molecule has 0 aliphatic heterocycles. The van der Waals surface area contributed by atoms with E-state index in [1.807, 2.05) is 31.2 Å². The summed E-state index contributed by atoms with van der Waals surface area (Å²) in [5, 5.41) is 4.41. The molecule has 0 fully saturated rings. The number of aryl methyl sites for hydroxylation is 1. The van der Waals surface area contributed by atoms with Gasteiger partial charge in [-0.15, -0.1) is 0 Å². The molecule has 0 unspecified atom stereocenters. The number of hydrazone groups is 1. The molecule has 0 radical (unpaired) electrons. The summed E-state index contributed by atoms with van der Waals surface area (Å²) < 4.78 is 28.6. The number of nitrogens with one attached hydrogen (secondary N) is 1. The van der Waals surface area contributed by atoms with Gasteiger partial charge in [0.15, 0.2) is 0 Å². The molecule has 1 amide bonds. The maximum atomic E-state index is 13.3. The highest BCUT2D eigenvalue weighted by Crippen LogP contribution is 2.20. The molecule has 9 heteroatoms. The van der Waals surface area contributed by atoms with Crippen molar-refractivity contribution in [3.05, 3.63) is 99.0 Å². The fraction of sp³-hybridized carbons (Fsp3) is 0.130. The minimum absolute atomic E-state index is 0.0133. The Kier molecular flexibility index (Phi) is 8.20. The zero-order valence-electron chi connectivity index (χ0n) is 17.2. The minimum atomic E-state index is -3.93. The van der Waals surface area contributed by atoms with Crippen molar-refractivity contribution in [2.75, 3.05) is 6.54 Å². The summed E-state index contributed by atoms with van der Waals surface area (Å²) >= 11 is 9.40. The van der Waals surface area contributed by atoms with E-state index in [1.54, 1.807) is 36.4 Å². The van der Waals surface area contributed by atoms with Crippen LogP contribution in [0.3, 0.4) is 0 Å². The molecular formula is C23H21BrClN3O3S. The van der Waals surface area contributed by atoms with Crippen LogP contribution >= 0.6 is 27.5 Å². The molecule has 3 rings (SSSR count). The topological polar surface area (TPSA) is 78.8 Å². The largest absolute Gasteiger partial charge is 0.272 e. The molecule has 0 aliphatic rings. The lowest BCUT2D eigenvalue weighted by molar-refractivity contribution is -0.121. The second-order valence-corrected chi connectivity index (χ2v) is 10.4. The van der Waals surface area contributed by atoms with E-state index in [9.17, 15) is 13.2 Å². The normalized spacial score (nSPS) is 11.8. The summed E-state index contributed by atoms with van der Waals surface area (Å²) in [7, 11) is -3.93. The van der Waals surface area contributed by atoms with Gasteiger partial charge in [0.2, 0.25) is 10.0 Å². The van der Waals surface area contributed by atoms with Gasteiger partial charge in [-0.05, 0) is 54.4 Å². The van der Waals surface area contributed by atoms with Gasteiger partial charge in [0.1, 0.15) is 0 Å². The molecule has 0 saturated heterocycles. The Bertz CT molecular complexity index is 1210. The standard InChI is InChI=1S/C23H21BrClN3O3S/c1-17-5-11-22(12-6-17)32(30,31)28(15-19-3-2-4-21(25)13-19)16-23(29)27-26-14-18-7-9-20(24)10-8-18/h2-14H,15-16H2,1H3,(H,27,29)/b26-14-. The highest BCUT2D eigenvalue weighted by Gasteiger charge is 2.27. The molecule has 3 aromatic carbocycles. The van der Waals surface area contributed by atoms with Crippen molar-refractivity contribution >= 4 is 49.7 Å². The SMILES string of the molecule is Cc1ccc(S(=O)(=O)N(CC(=O)N/N=C\c2ccc(Br)cc2)Cc2cccc(Cl)c2)cc1. The molecule has 0 aliphatic carbocycles. The van der Waals surface area contributed by atoms with E-state index in [1.165, 1.54) is 18.3 Å². The molecule has 0 atom stereocenters. The molecule has 3 aromatic rings. The number of rotatable bonds is 8. The average Bonchev–Trinajstić information content (AvgIpc) is 2.75. The third-order valence-corrected chi connectivity index (χ3v) is 7.07. The lowest BCUT2D eigenvalue weighted by Crippen LogP contribution is -2.39. The Balaban J connectivity index is 1.79. The fourth-order valence-corrected chi connectivity index (χ4v) is 4.71. The predicted molar refractivity (Wildman–Crippen MR) is 130 cm³/mol. The molecule has 0 saturated carbocycles. The fourth-order valence-electron chi connectivity index (χ4n) is 2.85. The number of carbonyl (C=O) groups excluding carboxylic acids is 1. The van der Waals surface area contributed by atoms with Crippen LogP contribution in [-0.2, 0) is 21.4 Å². The van der Waals surface area contributed by atoms with Crippen LogP contribution in [0.5, 0.6) is 0 Å². The van der Waals surface area contributed by atoms with Crippen molar-refractivity contribution in [2.45, 2.75) is 18.4 Å². The zero-order chi connectivity index (χ0) is 23.1. The van der Waals surface area contributed by atoms with E-state index >= 15 is 0 Å². The van der Waals surface area contributed by atoms with Crippen LogP contribution in [0.25, 0.3) is 0 Å². The highest BCUT2D eigenvalue weighted by molar-refractivity contribution is 9.10. The van der Waals surface area contributed by atoms with Gasteiger partial charge >= 0.3 is 0 Å². The number of benzene rings is 3. The first-order valence-electron chi connectivity index (χ1n) is 9.63. The lowest BCUT2D eigenvalue weighted by Gasteiger charge is -2.21. The van der Waals surface area contributed by atoms with E-state index in [-0.39, 0.29) is 11.4 Å². The lowest BCUT2D eigenvalue weighted by atomic mass is 10.2. The second kappa shape index (κ2) is 10.9. The zero-order valence-corrected chi connectivity index (χ0v) is 20.4. The van der Waals surface area contributed by atoms with Crippen LogP contribution in [0.1, 0.15) is 16.7 Å². The van der Waals surface area contributed by atoms with E-state index in [2.05, 4.69) is 26.5 Å². The third-order valence-electron chi connectivity index (χ3n) is 4.50. The van der Waals surface area contributed by atoms with Gasteiger partial charge in [-0.2, -0.15) is 9.41 Å². The number of hydrogen-bond donors (Lipinski definition) is 1. The first-order chi connectivity index (χ1) is 15.2. The van der Waals surface area contributed by atoms with Crippen LogP contribution in [-0.4, -0.2) is 31.4 Å². The molecule has 1 N–H and O–H groups in total. The summed E-state index contributed by atoms with van der Waals surface area (Å²) in [5.41, 5.74) is 4.78. The van der Waals surface area contributed by atoms with Crippen molar-refractivity contribution in [1.29, 1.82) is 0 Å². The maximum Gasteiger partial charge on any atom is 0.255 e. The summed E-state index contributed by atoms with van der Waals surface area (Å²) in [6.45, 7) is 1.46. The molecule has 166 valence electrons. The Labute approximate surface area is 201 Å². The molecule has 32 heavy (non-hydrogen) atoms. The van der Waals surface area contributed by atoms with Gasteiger partial charge in [0.05, 0.1) is 17.7 Å². The van der Waals surface area contributed by atoms with E-state index in [0.29, 0.717) is 10.6 Å². The van der Waals surface area contributed by atoms with E-state index in [0.717, 1.165) is 19.9 Å². The van der Waals surface area contributed by atoms with Crippen molar-refractivity contribution in [1.82, 2.24) is 9.73 Å². The number of nitrogens with zero attached hydrogens (tertiary/aromatic N) is 2. The molecule has 0 aromatic heterocycles. The number of sulfonamides is 1. The van der Waals surface area contributed by atoms with Crippen LogP contribution < -0.4 is 5.43 Å². The van der Waals surface area contributed by atoms with Gasteiger partial charge in [0, 0.05) is 16.0 Å². The van der Waals surface area contributed by atoms with Crippen molar-refractivity contribution < 1.29 is 13.2 Å². The molecule has 0 bridgehead atoms. The van der Waals surface area contributed by atoms with Crippen molar-refractivity contribution in [3.63, 3.8) is 0 Å². The van der Waals surface area contributed by atoms with Gasteiger partial charge < -0.3 is 0 Å². The quantitative estimate of drug-likeness (QED) is 0.335. The first kappa shape index (κ1) is 24.1. The van der Waals surface area contributed by atoms with Gasteiger partial charge in [0.25, 0.3) is 5.91 Å². The van der Waals surface area contributed by atoms with E-state index < -0.39 is 22.5 Å². The van der Waals surface area contributed by atoms with Crippen LogP contribution in [0, 0.1) is 6.92 Å². The predicted octanol–water partition coefficient (Wildman–Crippen LogP) is 4.75. The second-order valence-electron chi connectivity index (χ2n) is 7.06. The van der Waals surface area contributed by atoms with Gasteiger partial charge in [-0.25, -0.2) is 13.8 Å². The van der Waals surface area contributed by atoms with Crippen molar-refractivity contribution in [3.8, 4) is 0 Å². The maximum absolute atomic E-state index is 13.3. The molecule has 6 nitrogen and oxygen atoms in total. The average molecular weight is 535 g/mol. The smallest absolute Gasteiger partial charge is 0.255 e. The number of halogens is 2. The summed E-state index contributed by atoms with van der Waals surface area (Å²) in [4.78, 5) is 12.6. The number of hydrogen-bond acceptors (Lipinski definition) is 4. The minimum Gasteiger partial charge on any atom is -0.272 e. The van der Waals surface area contributed by atoms with Crippen LogP contribution in [0.15, 0.2) is 87.3 Å². The highest BCUT2D eigenvalue weighted by atomic mass is 79.9. The Morgan fingerprint density at radius 3 is 2.44 bits per heavy atom. The Hall–Kier alpha value is -2.52. The van der Waals surface area contributed by atoms with Crippen molar-refractivity contribution in [2.24, 2.45) is 5.10 Å². The summed E-state index contributed by atoms with van der Waals surface area (Å²) in [5.74, 6) is -0.559. The number of carbonyl (C=O) groups is 1. The third kappa shape index (κ3) is 6.74. The molecule has 0 spiro atoms. The molecular weight excluding hydrogens is 514 g/mol. The van der Waals surface area contributed by atoms with Gasteiger partial charge in [-0.3, -0.25) is 4.79 Å². The van der Waals surface area contributed by atoms with E-state index in [4.69, 9.17) is 11.6 Å². The Morgan fingerprint density at radius 1 is 1.09 bits per heavy atom. The first-order valence-corrected chi connectivity index (χ1v) is 12.2. The van der Waals surface area contributed by atoms with Crippen LogP contribution in [0.2, 0.25) is 5.02 Å². The summed E-state index contributed by atoms with van der Waals surface area (Å²) in [6.07, 6.45) is 1.49. The monoisotopic (exact) mass is 533 g/mol. The molecule has 0 heterocycles. The summed E-state index contributed by atoms with van der Waals surface area (Å²) in [6, 6.07) is 20.7. The van der Waals surface area contributed by atoms with Gasteiger partial charge in [-0.1, -0.05) is 69.5 Å². The Morgan fingerprint density at radius 2 is 1.78 bits per heavy atom.